The second-order valence-electron chi connectivity index (χ2n) is 8.70. The molecule has 202 valence electrons. The standard InChI is InChI=1S/C26H34FN3O6S/c1-4-6-13-28-26(32)19(3)29(17-20-7-9-21(27)10-8-20)25(31)18-30(37(33,34)5-2)22-11-12-23-24(16-22)36-15-14-35-23/h7-12,16,19H,4-6,13-15,17-18H2,1-3H3,(H,28,32)/t19-/m1/s1. The molecule has 9 nitrogen and oxygen atoms in total. The molecule has 1 aliphatic rings. The maximum absolute atomic E-state index is 13.6. The average molecular weight is 536 g/mol. The maximum Gasteiger partial charge on any atom is 0.244 e. The smallest absolute Gasteiger partial charge is 0.244 e. The summed E-state index contributed by atoms with van der Waals surface area (Å²) in [5, 5.41) is 2.82. The molecule has 3 rings (SSSR count). The van der Waals surface area contributed by atoms with Crippen molar-refractivity contribution in [1.82, 2.24) is 10.2 Å². The van der Waals surface area contributed by atoms with Crippen LogP contribution in [0.4, 0.5) is 10.1 Å². The van der Waals surface area contributed by atoms with Crippen LogP contribution < -0.4 is 19.1 Å². The van der Waals surface area contributed by atoms with Crippen molar-refractivity contribution < 1.29 is 31.9 Å². The number of rotatable bonds is 12. The number of ether oxygens (including phenoxy) is 2. The van der Waals surface area contributed by atoms with Crippen molar-refractivity contribution >= 4 is 27.5 Å². The molecule has 0 bridgehead atoms. The Balaban J connectivity index is 1.91. The van der Waals surface area contributed by atoms with Gasteiger partial charge < -0.3 is 19.7 Å². The number of halogens is 1. The van der Waals surface area contributed by atoms with Crippen molar-refractivity contribution in [2.45, 2.75) is 46.2 Å². The molecular formula is C26H34FN3O6S. The molecular weight excluding hydrogens is 501 g/mol. The lowest BCUT2D eigenvalue weighted by Gasteiger charge is -2.32. The van der Waals surface area contributed by atoms with E-state index in [4.69, 9.17) is 9.47 Å². The van der Waals surface area contributed by atoms with Crippen LogP contribution in [0.3, 0.4) is 0 Å². The van der Waals surface area contributed by atoms with Crippen molar-refractivity contribution in [3.05, 3.63) is 53.8 Å². The first kappa shape index (κ1) is 28.2. The highest BCUT2D eigenvalue weighted by atomic mass is 32.2. The van der Waals surface area contributed by atoms with Crippen LogP contribution in [0.25, 0.3) is 0 Å². The highest BCUT2D eigenvalue weighted by Gasteiger charge is 2.31. The topological polar surface area (TPSA) is 105 Å². The zero-order chi connectivity index (χ0) is 27.0. The van der Waals surface area contributed by atoms with Crippen molar-refractivity contribution in [1.29, 1.82) is 0 Å². The zero-order valence-electron chi connectivity index (χ0n) is 21.4. The molecule has 0 aliphatic carbocycles. The molecule has 1 N–H and O–H groups in total. The van der Waals surface area contributed by atoms with E-state index < -0.39 is 34.3 Å². The van der Waals surface area contributed by atoms with Crippen molar-refractivity contribution in [2.24, 2.45) is 0 Å². The van der Waals surface area contributed by atoms with Crippen LogP contribution in [0.5, 0.6) is 11.5 Å². The van der Waals surface area contributed by atoms with E-state index in [-0.39, 0.29) is 23.9 Å². The summed E-state index contributed by atoms with van der Waals surface area (Å²) in [6.45, 7) is 5.74. The van der Waals surface area contributed by atoms with Crippen molar-refractivity contribution in [2.75, 3.05) is 36.4 Å². The molecule has 2 aromatic carbocycles. The molecule has 0 radical (unpaired) electrons. The summed E-state index contributed by atoms with van der Waals surface area (Å²) < 4.78 is 51.7. The van der Waals surface area contributed by atoms with E-state index in [2.05, 4.69) is 5.32 Å². The number of anilines is 1. The van der Waals surface area contributed by atoms with Gasteiger partial charge in [0, 0.05) is 19.2 Å². The van der Waals surface area contributed by atoms with Crippen LogP contribution in [0.1, 0.15) is 39.2 Å². The van der Waals surface area contributed by atoms with E-state index in [9.17, 15) is 22.4 Å². The van der Waals surface area contributed by atoms with Gasteiger partial charge in [-0.1, -0.05) is 25.5 Å². The minimum Gasteiger partial charge on any atom is -0.486 e. The molecule has 2 aromatic rings. The lowest BCUT2D eigenvalue weighted by molar-refractivity contribution is -0.139. The molecule has 0 fully saturated rings. The first-order valence-corrected chi connectivity index (χ1v) is 14.0. The third kappa shape index (κ3) is 7.34. The Morgan fingerprint density at radius 2 is 1.73 bits per heavy atom. The van der Waals surface area contributed by atoms with Gasteiger partial charge in [0.15, 0.2) is 11.5 Å². The molecule has 1 aliphatic heterocycles. The summed E-state index contributed by atoms with van der Waals surface area (Å²) in [5.41, 5.74) is 0.855. The molecule has 1 atom stereocenters. The highest BCUT2D eigenvalue weighted by molar-refractivity contribution is 7.92. The number of sulfonamides is 1. The fourth-order valence-electron chi connectivity index (χ4n) is 3.81. The van der Waals surface area contributed by atoms with Gasteiger partial charge in [0.2, 0.25) is 21.8 Å². The molecule has 0 unspecified atom stereocenters. The third-order valence-corrected chi connectivity index (χ3v) is 7.80. The molecule has 0 saturated heterocycles. The minimum atomic E-state index is -3.87. The second-order valence-corrected chi connectivity index (χ2v) is 10.9. The number of hydrogen-bond acceptors (Lipinski definition) is 6. The normalized spacial score (nSPS) is 13.5. The van der Waals surface area contributed by atoms with Crippen LogP contribution >= 0.6 is 0 Å². The zero-order valence-corrected chi connectivity index (χ0v) is 22.2. The van der Waals surface area contributed by atoms with Gasteiger partial charge in [-0.3, -0.25) is 13.9 Å². The van der Waals surface area contributed by atoms with Gasteiger partial charge in [0.25, 0.3) is 0 Å². The third-order valence-electron chi connectivity index (χ3n) is 6.06. The van der Waals surface area contributed by atoms with Gasteiger partial charge in [0.1, 0.15) is 31.6 Å². The quantitative estimate of drug-likeness (QED) is 0.419. The van der Waals surface area contributed by atoms with E-state index in [0.717, 1.165) is 17.1 Å². The molecule has 0 spiro atoms. The van der Waals surface area contributed by atoms with Crippen molar-refractivity contribution in [3.63, 3.8) is 0 Å². The molecule has 0 saturated carbocycles. The summed E-state index contributed by atoms with van der Waals surface area (Å²) in [5.74, 6) is -0.710. The predicted molar refractivity (Wildman–Crippen MR) is 139 cm³/mol. The first-order chi connectivity index (χ1) is 17.7. The number of hydrogen-bond donors (Lipinski definition) is 1. The fourth-order valence-corrected chi connectivity index (χ4v) is 4.87. The lowest BCUT2D eigenvalue weighted by atomic mass is 10.1. The summed E-state index contributed by atoms with van der Waals surface area (Å²) >= 11 is 0. The van der Waals surface area contributed by atoms with Crippen LogP contribution in [-0.2, 0) is 26.2 Å². The van der Waals surface area contributed by atoms with E-state index in [1.807, 2.05) is 6.92 Å². The molecule has 37 heavy (non-hydrogen) atoms. The molecule has 11 heteroatoms. The first-order valence-electron chi connectivity index (χ1n) is 12.4. The van der Waals surface area contributed by atoms with Gasteiger partial charge in [0.05, 0.1) is 11.4 Å². The van der Waals surface area contributed by atoms with Gasteiger partial charge in [-0.05, 0) is 50.1 Å². The minimum absolute atomic E-state index is 0.00261. The van der Waals surface area contributed by atoms with Gasteiger partial charge in [-0.15, -0.1) is 0 Å². The SMILES string of the molecule is CCCCNC(=O)[C@@H](C)N(Cc1ccc(F)cc1)C(=O)CN(c1ccc2c(c1)OCCO2)S(=O)(=O)CC. The van der Waals surface area contributed by atoms with Gasteiger partial charge in [-0.2, -0.15) is 0 Å². The van der Waals surface area contributed by atoms with Crippen LogP contribution in [0, 0.1) is 5.82 Å². The van der Waals surface area contributed by atoms with Crippen LogP contribution in [-0.4, -0.2) is 63.2 Å². The summed E-state index contributed by atoms with van der Waals surface area (Å²) in [7, 11) is -3.87. The number of carbonyl (C=O) groups excluding carboxylic acids is 2. The lowest BCUT2D eigenvalue weighted by Crippen LogP contribution is -2.51. The Bertz CT molecular complexity index is 1190. The molecule has 2 amide bonds. The summed E-state index contributed by atoms with van der Waals surface area (Å²) in [4.78, 5) is 27.8. The van der Waals surface area contributed by atoms with Crippen molar-refractivity contribution in [3.8, 4) is 11.5 Å². The Kier molecular flexibility index (Phi) is 9.73. The molecule has 0 aromatic heterocycles. The number of carbonyl (C=O) groups is 2. The highest BCUT2D eigenvalue weighted by Crippen LogP contribution is 2.35. The van der Waals surface area contributed by atoms with E-state index in [1.165, 1.54) is 42.2 Å². The monoisotopic (exact) mass is 535 g/mol. The Labute approximate surface area is 217 Å². The second kappa shape index (κ2) is 12.8. The van der Waals surface area contributed by atoms with Gasteiger partial charge >= 0.3 is 0 Å². The predicted octanol–water partition coefficient (Wildman–Crippen LogP) is 3.09. The number of nitrogens with one attached hydrogen (secondary N) is 1. The Morgan fingerprint density at radius 1 is 1.05 bits per heavy atom. The number of benzene rings is 2. The Morgan fingerprint density at radius 3 is 2.38 bits per heavy atom. The number of fused-ring (bicyclic) bond motifs is 1. The number of amides is 2. The average Bonchev–Trinajstić information content (AvgIpc) is 2.90. The van der Waals surface area contributed by atoms with E-state index >= 15 is 0 Å². The van der Waals surface area contributed by atoms with E-state index in [1.54, 1.807) is 19.1 Å². The summed E-state index contributed by atoms with van der Waals surface area (Å²) in [6.07, 6.45) is 1.68. The van der Waals surface area contributed by atoms with Crippen LogP contribution in [0.2, 0.25) is 0 Å². The molecule has 1 heterocycles. The Hall–Kier alpha value is -3.34. The summed E-state index contributed by atoms with van der Waals surface area (Å²) in [6, 6.07) is 9.39. The largest absolute Gasteiger partial charge is 0.486 e. The van der Waals surface area contributed by atoms with Gasteiger partial charge in [-0.25, -0.2) is 12.8 Å². The van der Waals surface area contributed by atoms with Crippen LogP contribution in [0.15, 0.2) is 42.5 Å². The maximum atomic E-state index is 13.6. The number of unbranched alkanes of at least 4 members (excludes halogenated alkanes) is 1. The van der Waals surface area contributed by atoms with E-state index in [0.29, 0.717) is 36.8 Å². The fraction of sp³-hybridized carbons (Fsp3) is 0.462. The number of nitrogens with zero attached hydrogens (tertiary/aromatic N) is 2.